The topological polar surface area (TPSA) is 44.2 Å². The predicted octanol–water partition coefficient (Wildman–Crippen LogP) is 6.90. The van der Waals surface area contributed by atoms with Crippen LogP contribution in [0.25, 0.3) is 11.4 Å². The van der Waals surface area contributed by atoms with Crippen LogP contribution < -0.4 is 9.47 Å². The van der Waals surface area contributed by atoms with Gasteiger partial charge in [0.15, 0.2) is 5.82 Å². The van der Waals surface area contributed by atoms with Crippen molar-refractivity contribution < 1.29 is 9.47 Å². The molecule has 31 heavy (non-hydrogen) atoms. The molecule has 1 aliphatic heterocycles. The molecule has 3 aromatic carbocycles. The lowest BCUT2D eigenvalue weighted by Crippen LogP contribution is -2.09. The van der Waals surface area contributed by atoms with E-state index >= 15 is 0 Å². The normalized spacial score (nSPS) is 11.9. The Morgan fingerprint density at radius 2 is 1.81 bits per heavy atom. The van der Waals surface area contributed by atoms with Gasteiger partial charge in [0.25, 0.3) is 0 Å². The number of benzene rings is 3. The second-order valence-electron chi connectivity index (χ2n) is 7.17. The SMILES string of the molecule is COc1ccc(-c2nc3c(c(SCc4ccccc4)n2)Cc2cc(Br)ccc2O3)cc1. The maximum absolute atomic E-state index is 6.22. The number of rotatable bonds is 5. The van der Waals surface area contributed by atoms with Gasteiger partial charge < -0.3 is 9.47 Å². The highest BCUT2D eigenvalue weighted by Gasteiger charge is 2.24. The average Bonchev–Trinajstić information content (AvgIpc) is 2.82. The molecule has 0 unspecified atom stereocenters. The van der Waals surface area contributed by atoms with Crippen LogP contribution in [0.3, 0.4) is 0 Å². The van der Waals surface area contributed by atoms with Crippen molar-refractivity contribution in [2.24, 2.45) is 0 Å². The summed E-state index contributed by atoms with van der Waals surface area (Å²) in [5, 5.41) is 0.949. The zero-order chi connectivity index (χ0) is 21.2. The number of aromatic nitrogens is 2. The zero-order valence-corrected chi connectivity index (χ0v) is 19.2. The third-order valence-electron chi connectivity index (χ3n) is 5.09. The smallest absolute Gasteiger partial charge is 0.227 e. The lowest BCUT2D eigenvalue weighted by molar-refractivity contribution is 0.415. The van der Waals surface area contributed by atoms with Crippen LogP contribution >= 0.6 is 27.7 Å². The molecule has 0 aliphatic carbocycles. The van der Waals surface area contributed by atoms with E-state index in [4.69, 9.17) is 19.4 Å². The Kier molecular flexibility index (Phi) is 5.66. The first-order chi connectivity index (χ1) is 15.2. The van der Waals surface area contributed by atoms with E-state index in [1.165, 1.54) is 5.56 Å². The number of thioether (sulfide) groups is 1. The van der Waals surface area contributed by atoms with E-state index in [1.54, 1.807) is 18.9 Å². The van der Waals surface area contributed by atoms with E-state index in [0.717, 1.165) is 49.9 Å². The lowest BCUT2D eigenvalue weighted by Gasteiger charge is -2.22. The number of fused-ring (bicyclic) bond motifs is 2. The van der Waals surface area contributed by atoms with Crippen molar-refractivity contribution in [2.45, 2.75) is 17.2 Å². The standard InChI is InChI=1S/C25H19BrN2O2S/c1-29-20-10-7-17(8-11-20)23-27-24-21(14-18-13-19(26)9-12-22(18)30-24)25(28-23)31-15-16-5-3-2-4-6-16/h2-13H,14-15H2,1H3. The zero-order valence-electron chi connectivity index (χ0n) is 16.8. The first-order valence-corrected chi connectivity index (χ1v) is 11.7. The van der Waals surface area contributed by atoms with Crippen molar-refractivity contribution in [3.05, 3.63) is 94.0 Å². The average molecular weight is 491 g/mol. The number of methoxy groups -OCH3 is 1. The number of halogens is 1. The monoisotopic (exact) mass is 490 g/mol. The molecule has 0 radical (unpaired) electrons. The third-order valence-corrected chi connectivity index (χ3v) is 6.68. The molecule has 1 aromatic heterocycles. The minimum Gasteiger partial charge on any atom is -0.497 e. The molecule has 0 N–H and O–H groups in total. The maximum Gasteiger partial charge on any atom is 0.227 e. The summed E-state index contributed by atoms with van der Waals surface area (Å²) in [5.41, 5.74) is 4.34. The van der Waals surface area contributed by atoms with Gasteiger partial charge in [-0.1, -0.05) is 46.3 Å². The molecule has 0 fully saturated rings. The summed E-state index contributed by atoms with van der Waals surface area (Å²) in [5.74, 6) is 3.76. The lowest BCUT2D eigenvalue weighted by atomic mass is 10.0. The first-order valence-electron chi connectivity index (χ1n) is 9.88. The summed E-state index contributed by atoms with van der Waals surface area (Å²) < 4.78 is 12.5. The van der Waals surface area contributed by atoms with E-state index in [1.807, 2.05) is 42.5 Å². The van der Waals surface area contributed by atoms with Crippen LogP contribution in [0, 0.1) is 0 Å². The van der Waals surface area contributed by atoms with Gasteiger partial charge in [0, 0.05) is 27.8 Å². The fourth-order valence-electron chi connectivity index (χ4n) is 3.47. The summed E-state index contributed by atoms with van der Waals surface area (Å²) in [7, 11) is 1.66. The van der Waals surface area contributed by atoms with Crippen molar-refractivity contribution >= 4 is 27.7 Å². The van der Waals surface area contributed by atoms with Gasteiger partial charge in [0.2, 0.25) is 5.88 Å². The second kappa shape index (κ2) is 8.73. The molecule has 5 rings (SSSR count). The minimum atomic E-state index is 0.631. The fourth-order valence-corrected chi connectivity index (χ4v) is 4.86. The summed E-state index contributed by atoms with van der Waals surface area (Å²) in [6.07, 6.45) is 0.740. The number of hydrogen-bond acceptors (Lipinski definition) is 5. The highest BCUT2D eigenvalue weighted by atomic mass is 79.9. The Balaban J connectivity index is 1.55. The molecule has 1 aliphatic rings. The minimum absolute atomic E-state index is 0.631. The molecule has 0 atom stereocenters. The van der Waals surface area contributed by atoms with E-state index in [9.17, 15) is 0 Å². The molecule has 0 saturated heterocycles. The summed E-state index contributed by atoms with van der Waals surface area (Å²) in [4.78, 5) is 9.72. The van der Waals surface area contributed by atoms with Crippen molar-refractivity contribution in [1.82, 2.24) is 9.97 Å². The molecular weight excluding hydrogens is 472 g/mol. The molecule has 6 heteroatoms. The first kappa shape index (κ1) is 20.1. The predicted molar refractivity (Wildman–Crippen MR) is 127 cm³/mol. The van der Waals surface area contributed by atoms with Crippen LogP contribution in [0.1, 0.15) is 16.7 Å². The molecule has 2 heterocycles. The Hall–Kier alpha value is -2.83. The molecular formula is C25H19BrN2O2S. The molecule has 4 nitrogen and oxygen atoms in total. The van der Waals surface area contributed by atoms with Gasteiger partial charge in [-0.15, -0.1) is 11.8 Å². The van der Waals surface area contributed by atoms with Crippen LogP contribution in [0.4, 0.5) is 0 Å². The number of nitrogens with zero attached hydrogens (tertiary/aromatic N) is 2. The van der Waals surface area contributed by atoms with Gasteiger partial charge in [0.05, 0.1) is 12.7 Å². The Morgan fingerprint density at radius 1 is 1.00 bits per heavy atom. The van der Waals surface area contributed by atoms with E-state index in [2.05, 4.69) is 46.3 Å². The van der Waals surface area contributed by atoms with Crippen LogP contribution in [-0.2, 0) is 12.2 Å². The second-order valence-corrected chi connectivity index (χ2v) is 9.05. The number of ether oxygens (including phenoxy) is 2. The highest BCUT2D eigenvalue weighted by molar-refractivity contribution is 9.10. The largest absolute Gasteiger partial charge is 0.497 e. The Morgan fingerprint density at radius 3 is 2.58 bits per heavy atom. The summed E-state index contributed by atoms with van der Waals surface area (Å²) in [6, 6.07) is 24.3. The van der Waals surface area contributed by atoms with E-state index in [-0.39, 0.29) is 0 Å². The van der Waals surface area contributed by atoms with Gasteiger partial charge in [-0.25, -0.2) is 4.98 Å². The van der Waals surface area contributed by atoms with Gasteiger partial charge in [-0.05, 0) is 48.0 Å². The quantitative estimate of drug-likeness (QED) is 0.198. The van der Waals surface area contributed by atoms with Crippen molar-refractivity contribution in [3.63, 3.8) is 0 Å². The molecule has 154 valence electrons. The Bertz CT molecular complexity index is 1230. The van der Waals surface area contributed by atoms with Crippen LogP contribution in [-0.4, -0.2) is 17.1 Å². The summed E-state index contributed by atoms with van der Waals surface area (Å²) >= 11 is 5.28. The van der Waals surface area contributed by atoms with Crippen molar-refractivity contribution in [1.29, 1.82) is 0 Å². The Labute approximate surface area is 193 Å². The number of hydrogen-bond donors (Lipinski definition) is 0. The fraction of sp³-hybridized carbons (Fsp3) is 0.120. The third kappa shape index (κ3) is 4.31. The summed E-state index contributed by atoms with van der Waals surface area (Å²) in [6.45, 7) is 0. The molecule has 0 saturated carbocycles. The molecule has 0 spiro atoms. The molecule has 4 aromatic rings. The van der Waals surface area contributed by atoms with Crippen molar-refractivity contribution in [3.8, 4) is 28.8 Å². The molecule has 0 amide bonds. The van der Waals surface area contributed by atoms with Crippen LogP contribution in [0.2, 0.25) is 0 Å². The van der Waals surface area contributed by atoms with Gasteiger partial charge >= 0.3 is 0 Å². The highest BCUT2D eigenvalue weighted by Crippen LogP contribution is 2.41. The van der Waals surface area contributed by atoms with Gasteiger partial charge in [-0.3, -0.25) is 0 Å². The molecule has 0 bridgehead atoms. The van der Waals surface area contributed by atoms with Gasteiger partial charge in [0.1, 0.15) is 16.5 Å². The van der Waals surface area contributed by atoms with Crippen molar-refractivity contribution in [2.75, 3.05) is 7.11 Å². The van der Waals surface area contributed by atoms with E-state index in [0.29, 0.717) is 11.7 Å². The van der Waals surface area contributed by atoms with Crippen LogP contribution in [0.15, 0.2) is 82.3 Å². The maximum atomic E-state index is 6.22. The van der Waals surface area contributed by atoms with Crippen LogP contribution in [0.5, 0.6) is 17.4 Å². The van der Waals surface area contributed by atoms with E-state index < -0.39 is 0 Å². The van der Waals surface area contributed by atoms with Gasteiger partial charge in [-0.2, -0.15) is 4.98 Å².